The number of pyridine rings is 1. The largest absolute Gasteiger partial charge is 0.472 e. The summed E-state index contributed by atoms with van der Waals surface area (Å²) in [5.74, 6) is 1.11. The van der Waals surface area contributed by atoms with Gasteiger partial charge in [-0.15, -0.1) is 0 Å². The molecule has 187 valence electrons. The van der Waals surface area contributed by atoms with Gasteiger partial charge < -0.3 is 14.6 Å². The number of nitrogens with zero attached hydrogens (tertiary/aromatic N) is 2. The number of carbonyl (C=O) groups excluding carboxylic acids is 1. The second-order valence-electron chi connectivity index (χ2n) is 10.6. The Morgan fingerprint density at radius 3 is 2.91 bits per heavy atom. The van der Waals surface area contributed by atoms with Crippen molar-refractivity contribution in [1.29, 1.82) is 0 Å². The Labute approximate surface area is 208 Å². The van der Waals surface area contributed by atoms with Gasteiger partial charge in [0.1, 0.15) is 17.2 Å². The molecule has 2 heterocycles. The molecule has 7 heteroatoms. The van der Waals surface area contributed by atoms with E-state index in [4.69, 9.17) is 21.1 Å². The first-order valence-electron chi connectivity index (χ1n) is 12.6. The predicted octanol–water partition coefficient (Wildman–Crippen LogP) is 4.70. The monoisotopic (exact) mass is 489 g/mol. The van der Waals surface area contributed by atoms with Gasteiger partial charge in [0.25, 0.3) is 0 Å². The maximum Gasteiger partial charge on any atom is 0.303 e. The normalized spacial score (nSPS) is 35.1. The van der Waals surface area contributed by atoms with Gasteiger partial charge in [-0.25, -0.2) is 4.98 Å². The first-order chi connectivity index (χ1) is 16.2. The standard InChI is InChI=1S/C27H38ClN2O4/c1-17-13-23-22(10-9-19(3)27(23,32)14-25(17)33-20(4)31)18(2)15-30-12-6-7-21(16-30)34-26-24(28)8-5-11-29-26/h5,8,11,13-14,18-19,21-23,25,32H,6-7,9-10,12,15-16H2,1-4H3/t18?,19-,21?,22+,23-,25-,27-/m1/s1. The lowest BCUT2D eigenvalue weighted by molar-refractivity contribution is -0.148. The van der Waals surface area contributed by atoms with Gasteiger partial charge in [-0.1, -0.05) is 31.5 Å². The van der Waals surface area contributed by atoms with Crippen LogP contribution in [0.25, 0.3) is 0 Å². The molecule has 1 aliphatic heterocycles. The molecule has 1 N–H and O–H groups in total. The zero-order valence-corrected chi connectivity index (χ0v) is 21.5. The van der Waals surface area contributed by atoms with Crippen molar-refractivity contribution in [2.24, 2.45) is 23.7 Å². The Morgan fingerprint density at radius 2 is 2.18 bits per heavy atom. The highest BCUT2D eigenvalue weighted by atomic mass is 35.5. The minimum Gasteiger partial charge on any atom is -0.472 e. The third kappa shape index (κ3) is 5.44. The highest BCUT2D eigenvalue weighted by Crippen LogP contribution is 2.51. The van der Waals surface area contributed by atoms with Crippen LogP contribution in [0.2, 0.25) is 5.02 Å². The number of piperidine rings is 1. The van der Waals surface area contributed by atoms with Gasteiger partial charge in [-0.2, -0.15) is 0 Å². The number of carbonyl (C=O) groups is 1. The number of ether oxygens (including phenoxy) is 2. The molecule has 1 radical (unpaired) electrons. The molecule has 6 nitrogen and oxygen atoms in total. The molecule has 1 saturated carbocycles. The summed E-state index contributed by atoms with van der Waals surface area (Å²) >= 11 is 6.24. The zero-order valence-electron chi connectivity index (χ0n) is 20.7. The summed E-state index contributed by atoms with van der Waals surface area (Å²) in [6, 6.07) is 3.62. The van der Waals surface area contributed by atoms with Crippen molar-refractivity contribution in [1.82, 2.24) is 9.88 Å². The minimum atomic E-state index is -0.958. The van der Waals surface area contributed by atoms with Crippen molar-refractivity contribution in [3.8, 4) is 5.88 Å². The van der Waals surface area contributed by atoms with Gasteiger partial charge in [0.05, 0.1) is 5.60 Å². The zero-order chi connectivity index (χ0) is 24.5. The van der Waals surface area contributed by atoms with Gasteiger partial charge in [0.2, 0.25) is 5.88 Å². The first kappa shape index (κ1) is 25.5. The fourth-order valence-electron chi connectivity index (χ4n) is 6.19. The number of aliphatic hydroxyl groups is 1. The topological polar surface area (TPSA) is 71.9 Å². The molecule has 0 bridgehead atoms. The van der Waals surface area contributed by atoms with Crippen LogP contribution in [0.15, 0.2) is 30.0 Å². The quantitative estimate of drug-likeness (QED) is 0.461. The number of halogens is 1. The molecule has 34 heavy (non-hydrogen) atoms. The average Bonchev–Trinajstić information content (AvgIpc) is 2.77. The highest BCUT2D eigenvalue weighted by molar-refractivity contribution is 6.31. The van der Waals surface area contributed by atoms with Crippen molar-refractivity contribution in [2.75, 3.05) is 19.6 Å². The lowest BCUT2D eigenvalue weighted by atomic mass is 9.57. The van der Waals surface area contributed by atoms with Crippen molar-refractivity contribution in [2.45, 2.75) is 71.2 Å². The van der Waals surface area contributed by atoms with Crippen molar-refractivity contribution in [3.63, 3.8) is 0 Å². The summed E-state index contributed by atoms with van der Waals surface area (Å²) in [6.45, 7) is 10.7. The molecule has 3 aliphatic rings. The fraction of sp³-hybridized carbons (Fsp3) is 0.667. The summed E-state index contributed by atoms with van der Waals surface area (Å²) in [4.78, 5) is 18.3. The number of hydrogen-bond donors (Lipinski definition) is 1. The van der Waals surface area contributed by atoms with Crippen LogP contribution in [-0.2, 0) is 9.53 Å². The molecular formula is C27H38ClN2O4. The number of aromatic nitrogens is 1. The van der Waals surface area contributed by atoms with E-state index in [-0.39, 0.29) is 23.9 Å². The van der Waals surface area contributed by atoms with E-state index < -0.39 is 11.7 Å². The Kier molecular flexibility index (Phi) is 7.90. The molecule has 1 aromatic heterocycles. The van der Waals surface area contributed by atoms with Crippen molar-refractivity contribution >= 4 is 17.6 Å². The van der Waals surface area contributed by atoms with E-state index >= 15 is 0 Å². The van der Waals surface area contributed by atoms with Crippen LogP contribution in [0, 0.1) is 30.1 Å². The number of hydrogen-bond acceptors (Lipinski definition) is 6. The van der Waals surface area contributed by atoms with E-state index in [2.05, 4.69) is 29.8 Å². The average molecular weight is 490 g/mol. The number of fused-ring (bicyclic) bond motifs is 1. The fourth-order valence-corrected chi connectivity index (χ4v) is 6.35. The Bertz CT molecular complexity index is 908. The van der Waals surface area contributed by atoms with Crippen LogP contribution in [-0.4, -0.2) is 58.4 Å². The molecular weight excluding hydrogens is 452 g/mol. The van der Waals surface area contributed by atoms with E-state index in [0.717, 1.165) is 50.9 Å². The van der Waals surface area contributed by atoms with Crippen LogP contribution < -0.4 is 4.74 Å². The maximum atomic E-state index is 11.8. The minimum absolute atomic E-state index is 0.0298. The molecule has 2 fully saturated rings. The van der Waals surface area contributed by atoms with Crippen molar-refractivity contribution in [3.05, 3.63) is 41.4 Å². The molecule has 2 unspecified atom stereocenters. The Balaban J connectivity index is 1.43. The third-order valence-electron chi connectivity index (χ3n) is 8.06. The molecule has 2 aliphatic carbocycles. The Morgan fingerprint density at radius 1 is 1.38 bits per heavy atom. The molecule has 0 aromatic carbocycles. The van der Waals surface area contributed by atoms with E-state index in [1.54, 1.807) is 12.3 Å². The lowest BCUT2D eigenvalue weighted by Crippen LogP contribution is -2.57. The summed E-state index contributed by atoms with van der Waals surface area (Å²) in [5, 5.41) is 12.3. The number of likely N-dealkylation sites (tertiary alicyclic amines) is 1. The van der Waals surface area contributed by atoms with Gasteiger partial charge >= 0.3 is 5.97 Å². The number of esters is 1. The van der Waals surface area contributed by atoms with E-state index in [9.17, 15) is 9.90 Å². The molecule has 0 spiro atoms. The molecule has 7 atom stereocenters. The van der Waals surface area contributed by atoms with Crippen LogP contribution in [0.1, 0.15) is 53.4 Å². The Hall–Kier alpha value is -1.63. The second kappa shape index (κ2) is 10.5. The maximum absolute atomic E-state index is 11.8. The molecule has 0 amide bonds. The van der Waals surface area contributed by atoms with E-state index in [0.29, 0.717) is 22.7 Å². The SMILES string of the molecule is CC(=O)O[C@@H]1[CH][C@@]2(O)[C@H](C)CC[C@@H](C(C)CN3CCCC(Oc4ncccc4Cl)C3)[C@H]2C=C1C. The van der Waals surface area contributed by atoms with Gasteiger partial charge in [-0.05, 0) is 74.6 Å². The summed E-state index contributed by atoms with van der Waals surface area (Å²) in [6.07, 6.45) is 9.51. The molecule has 1 saturated heterocycles. The van der Waals surface area contributed by atoms with Crippen LogP contribution in [0.5, 0.6) is 5.88 Å². The van der Waals surface area contributed by atoms with Crippen LogP contribution >= 0.6 is 11.6 Å². The number of rotatable bonds is 6. The summed E-state index contributed by atoms with van der Waals surface area (Å²) in [7, 11) is 0. The summed E-state index contributed by atoms with van der Waals surface area (Å²) < 4.78 is 11.6. The summed E-state index contributed by atoms with van der Waals surface area (Å²) in [5.41, 5.74) is 0.0509. The van der Waals surface area contributed by atoms with Gasteiger partial charge in [0, 0.05) is 38.5 Å². The predicted molar refractivity (Wildman–Crippen MR) is 132 cm³/mol. The van der Waals surface area contributed by atoms with Gasteiger partial charge in [0.15, 0.2) is 0 Å². The van der Waals surface area contributed by atoms with E-state index in [1.807, 2.05) is 19.4 Å². The smallest absolute Gasteiger partial charge is 0.303 e. The second-order valence-corrected chi connectivity index (χ2v) is 11.0. The first-order valence-corrected chi connectivity index (χ1v) is 13.0. The highest BCUT2D eigenvalue weighted by Gasteiger charge is 2.53. The molecule has 4 rings (SSSR count). The van der Waals surface area contributed by atoms with Crippen molar-refractivity contribution < 1.29 is 19.4 Å². The van der Waals surface area contributed by atoms with E-state index in [1.165, 1.54) is 6.92 Å². The van der Waals surface area contributed by atoms with Crippen LogP contribution in [0.4, 0.5) is 0 Å². The van der Waals surface area contributed by atoms with Gasteiger partial charge in [-0.3, -0.25) is 9.69 Å². The lowest BCUT2D eigenvalue weighted by Gasteiger charge is -2.53. The van der Waals surface area contributed by atoms with Crippen LogP contribution in [0.3, 0.4) is 0 Å². The third-order valence-corrected chi connectivity index (χ3v) is 8.35. The molecule has 1 aromatic rings.